The number of nitrogens with one attached hydrogen (secondary N) is 1. The van der Waals surface area contributed by atoms with Gasteiger partial charge in [-0.05, 0) is 56.7 Å². The van der Waals surface area contributed by atoms with Crippen LogP contribution in [-0.4, -0.2) is 23.7 Å². The summed E-state index contributed by atoms with van der Waals surface area (Å²) in [7, 11) is 0. The molecule has 1 aromatic rings. The van der Waals surface area contributed by atoms with Crippen molar-refractivity contribution in [1.29, 1.82) is 0 Å². The minimum absolute atomic E-state index is 0.374. The van der Waals surface area contributed by atoms with Gasteiger partial charge in [0.15, 0.2) is 0 Å². The van der Waals surface area contributed by atoms with E-state index in [9.17, 15) is 0 Å². The fraction of sp³-hybridized carbons (Fsp3) is 0.588. The summed E-state index contributed by atoms with van der Waals surface area (Å²) in [6.45, 7) is 5.33. The van der Waals surface area contributed by atoms with E-state index in [2.05, 4.69) is 22.9 Å². The molecule has 20 heavy (non-hydrogen) atoms. The molecule has 3 rings (SSSR count). The van der Waals surface area contributed by atoms with Crippen molar-refractivity contribution in [3.05, 3.63) is 30.6 Å². The number of ether oxygens (including phenoxy) is 1. The molecule has 1 aliphatic heterocycles. The van der Waals surface area contributed by atoms with E-state index in [4.69, 9.17) is 4.74 Å². The molecule has 0 spiro atoms. The molecule has 0 amide bonds. The number of hydrogen-bond acceptors (Lipinski definition) is 3. The maximum atomic E-state index is 6.08. The zero-order valence-corrected chi connectivity index (χ0v) is 12.1. The summed E-state index contributed by atoms with van der Waals surface area (Å²) in [4.78, 5) is 4.33. The van der Waals surface area contributed by atoms with E-state index < -0.39 is 0 Å². The van der Waals surface area contributed by atoms with Crippen molar-refractivity contribution >= 4 is 5.57 Å². The van der Waals surface area contributed by atoms with Crippen molar-refractivity contribution in [3.8, 4) is 5.75 Å². The van der Waals surface area contributed by atoms with Crippen LogP contribution in [0.3, 0.4) is 0 Å². The number of aromatic nitrogens is 1. The monoisotopic (exact) mass is 272 g/mol. The average Bonchev–Trinajstić information content (AvgIpc) is 3.02. The molecule has 2 aliphatic rings. The lowest BCUT2D eigenvalue weighted by molar-refractivity contribution is 0.154. The average molecular weight is 272 g/mol. The van der Waals surface area contributed by atoms with Crippen molar-refractivity contribution in [2.24, 2.45) is 0 Å². The molecule has 1 N–H and O–H groups in total. The molecule has 1 aliphatic carbocycles. The zero-order chi connectivity index (χ0) is 13.8. The molecule has 1 saturated heterocycles. The Morgan fingerprint density at radius 3 is 2.75 bits per heavy atom. The van der Waals surface area contributed by atoms with Gasteiger partial charge >= 0.3 is 0 Å². The van der Waals surface area contributed by atoms with Gasteiger partial charge < -0.3 is 10.1 Å². The summed E-state index contributed by atoms with van der Waals surface area (Å²) in [5.41, 5.74) is 2.25. The second kappa shape index (κ2) is 6.40. The van der Waals surface area contributed by atoms with Crippen molar-refractivity contribution in [1.82, 2.24) is 10.3 Å². The Hall–Kier alpha value is -1.35. The minimum Gasteiger partial charge on any atom is -0.489 e. The Kier molecular flexibility index (Phi) is 4.36. The molecular weight excluding hydrogens is 248 g/mol. The van der Waals surface area contributed by atoms with Crippen molar-refractivity contribution in [2.75, 3.05) is 6.54 Å². The molecular formula is C17H24N2O. The standard InChI is InChI=1S/C17H24N2O/c1-13(17-8-5-9-19-17)14-10-16(12-18-11-14)20-15-6-3-2-4-7-15/h10-12,15,17,19H,1-9H2. The van der Waals surface area contributed by atoms with E-state index in [1.54, 1.807) is 0 Å². The first kappa shape index (κ1) is 13.6. The maximum absolute atomic E-state index is 6.08. The van der Waals surface area contributed by atoms with Gasteiger partial charge in [0.2, 0.25) is 0 Å². The van der Waals surface area contributed by atoms with E-state index in [1.807, 2.05) is 12.4 Å². The third kappa shape index (κ3) is 3.21. The number of pyridine rings is 1. The van der Waals surface area contributed by atoms with E-state index in [0.717, 1.165) is 23.4 Å². The van der Waals surface area contributed by atoms with Crippen molar-refractivity contribution < 1.29 is 4.74 Å². The first-order chi connectivity index (χ1) is 9.83. The summed E-state index contributed by atoms with van der Waals surface area (Å²) in [5, 5.41) is 3.49. The van der Waals surface area contributed by atoms with Crippen molar-refractivity contribution in [3.63, 3.8) is 0 Å². The highest BCUT2D eigenvalue weighted by atomic mass is 16.5. The predicted octanol–water partition coefficient (Wildman–Crippen LogP) is 3.56. The molecule has 0 aromatic carbocycles. The van der Waals surface area contributed by atoms with E-state index in [-0.39, 0.29) is 0 Å². The maximum Gasteiger partial charge on any atom is 0.138 e. The third-order valence-corrected chi connectivity index (χ3v) is 4.42. The van der Waals surface area contributed by atoms with Gasteiger partial charge in [-0.1, -0.05) is 13.0 Å². The van der Waals surface area contributed by atoms with Crippen LogP contribution in [0.2, 0.25) is 0 Å². The van der Waals surface area contributed by atoms with E-state index >= 15 is 0 Å². The van der Waals surface area contributed by atoms with Gasteiger partial charge in [-0.3, -0.25) is 4.98 Å². The summed E-state index contributed by atoms with van der Waals surface area (Å²) < 4.78 is 6.08. The summed E-state index contributed by atoms with van der Waals surface area (Å²) in [5.74, 6) is 0.897. The van der Waals surface area contributed by atoms with Gasteiger partial charge in [0.1, 0.15) is 5.75 Å². The van der Waals surface area contributed by atoms with Gasteiger partial charge in [-0.15, -0.1) is 0 Å². The van der Waals surface area contributed by atoms with Crippen molar-refractivity contribution in [2.45, 2.75) is 57.1 Å². The Morgan fingerprint density at radius 1 is 1.15 bits per heavy atom. The number of rotatable bonds is 4. The molecule has 1 aromatic heterocycles. The van der Waals surface area contributed by atoms with E-state index in [0.29, 0.717) is 12.1 Å². The van der Waals surface area contributed by atoms with Gasteiger partial charge in [0.25, 0.3) is 0 Å². The number of nitrogens with zero attached hydrogens (tertiary/aromatic N) is 1. The zero-order valence-electron chi connectivity index (χ0n) is 12.1. The van der Waals surface area contributed by atoms with Crippen LogP contribution in [0.4, 0.5) is 0 Å². The lowest BCUT2D eigenvalue weighted by Crippen LogP contribution is -2.22. The summed E-state index contributed by atoms with van der Waals surface area (Å²) >= 11 is 0. The predicted molar refractivity (Wildman–Crippen MR) is 81.8 cm³/mol. The molecule has 1 unspecified atom stereocenters. The van der Waals surface area contributed by atoms with Crippen LogP contribution in [0, 0.1) is 0 Å². The van der Waals surface area contributed by atoms with Crippen LogP contribution < -0.4 is 10.1 Å². The topological polar surface area (TPSA) is 34.1 Å². The fourth-order valence-corrected chi connectivity index (χ4v) is 3.22. The van der Waals surface area contributed by atoms with Crippen LogP contribution >= 0.6 is 0 Å². The number of hydrogen-bond donors (Lipinski definition) is 1. The van der Waals surface area contributed by atoms with Crippen LogP contribution in [0.5, 0.6) is 5.75 Å². The van der Waals surface area contributed by atoms with Gasteiger partial charge in [-0.25, -0.2) is 0 Å². The highest BCUT2D eigenvalue weighted by molar-refractivity contribution is 5.68. The molecule has 3 heteroatoms. The lowest BCUT2D eigenvalue weighted by Gasteiger charge is -2.23. The smallest absolute Gasteiger partial charge is 0.138 e. The Labute approximate surface area is 121 Å². The largest absolute Gasteiger partial charge is 0.489 e. The Balaban J connectivity index is 1.67. The van der Waals surface area contributed by atoms with Gasteiger partial charge in [-0.2, -0.15) is 0 Å². The van der Waals surface area contributed by atoms with Gasteiger partial charge in [0.05, 0.1) is 12.3 Å². The third-order valence-electron chi connectivity index (χ3n) is 4.42. The van der Waals surface area contributed by atoms with E-state index in [1.165, 1.54) is 44.9 Å². The molecule has 2 fully saturated rings. The fourth-order valence-electron chi connectivity index (χ4n) is 3.22. The van der Waals surface area contributed by atoms with Crippen LogP contribution in [0.1, 0.15) is 50.5 Å². The SMILES string of the molecule is C=C(c1cncc(OC2CCCCC2)c1)C1CCCN1. The quantitative estimate of drug-likeness (QED) is 0.910. The van der Waals surface area contributed by atoms with Crippen LogP contribution in [0.15, 0.2) is 25.0 Å². The Morgan fingerprint density at radius 2 is 2.00 bits per heavy atom. The lowest BCUT2D eigenvalue weighted by atomic mass is 9.97. The van der Waals surface area contributed by atoms with Gasteiger partial charge in [0, 0.05) is 17.8 Å². The molecule has 0 bridgehead atoms. The Bertz CT molecular complexity index is 460. The highest BCUT2D eigenvalue weighted by Gasteiger charge is 2.19. The molecule has 1 atom stereocenters. The second-order valence-corrected chi connectivity index (χ2v) is 5.96. The highest BCUT2D eigenvalue weighted by Crippen LogP contribution is 2.27. The molecule has 0 radical (unpaired) electrons. The minimum atomic E-state index is 0.374. The summed E-state index contributed by atoms with van der Waals surface area (Å²) in [6.07, 6.45) is 12.8. The second-order valence-electron chi connectivity index (χ2n) is 5.96. The normalized spacial score (nSPS) is 23.7. The first-order valence-corrected chi connectivity index (χ1v) is 7.87. The summed E-state index contributed by atoms with van der Waals surface area (Å²) in [6, 6.07) is 2.51. The molecule has 108 valence electrons. The first-order valence-electron chi connectivity index (χ1n) is 7.87. The van der Waals surface area contributed by atoms with Crippen LogP contribution in [-0.2, 0) is 0 Å². The van der Waals surface area contributed by atoms with Crippen LogP contribution in [0.25, 0.3) is 5.57 Å². The molecule has 2 heterocycles. The molecule has 3 nitrogen and oxygen atoms in total. The molecule has 1 saturated carbocycles.